The number of carbonyl (C=O) groups excluding carboxylic acids is 2. The second-order valence-corrected chi connectivity index (χ2v) is 7.40. The van der Waals surface area contributed by atoms with Gasteiger partial charge in [-0.1, -0.05) is 53.7 Å². The standard InChI is InChI=1S/C23H21N3O7/c27-10-9-18(22(29)30)24-21(28)19-11-20(33-26-19)25-23(31)32-12-17-15-7-3-1-5-13(15)14-6-2-4-8-16(14)17/h1-8,11,17-18,27H,9-10,12H2,(H,24,28)(H,25,31)(H,29,30)/t18-/m0/s1. The predicted octanol–water partition coefficient (Wildman–Crippen LogP) is 2.60. The van der Waals surface area contributed by atoms with E-state index in [2.05, 4.69) is 15.8 Å². The number of hydrogen-bond acceptors (Lipinski definition) is 7. The van der Waals surface area contributed by atoms with E-state index in [0.29, 0.717) is 0 Å². The van der Waals surface area contributed by atoms with Crippen LogP contribution in [-0.4, -0.2) is 52.6 Å². The molecule has 0 radical (unpaired) electrons. The Labute approximate surface area is 188 Å². The zero-order valence-corrected chi connectivity index (χ0v) is 17.4. The van der Waals surface area contributed by atoms with Crippen LogP contribution in [0, 0.1) is 0 Å². The third kappa shape index (κ3) is 4.70. The molecule has 1 heterocycles. The highest BCUT2D eigenvalue weighted by molar-refractivity contribution is 5.96. The van der Waals surface area contributed by atoms with Crippen LogP contribution in [0.15, 0.2) is 59.1 Å². The first-order valence-electron chi connectivity index (χ1n) is 10.2. The zero-order chi connectivity index (χ0) is 23.4. The Hall–Kier alpha value is -4.18. The summed E-state index contributed by atoms with van der Waals surface area (Å²) >= 11 is 0. The van der Waals surface area contributed by atoms with Gasteiger partial charge in [-0.2, -0.15) is 0 Å². The predicted molar refractivity (Wildman–Crippen MR) is 116 cm³/mol. The van der Waals surface area contributed by atoms with Crippen LogP contribution in [0.5, 0.6) is 0 Å². The van der Waals surface area contributed by atoms with Crippen molar-refractivity contribution in [1.82, 2.24) is 10.5 Å². The van der Waals surface area contributed by atoms with Gasteiger partial charge in [0.1, 0.15) is 12.6 Å². The third-order valence-corrected chi connectivity index (χ3v) is 5.33. The molecule has 0 spiro atoms. The molecule has 33 heavy (non-hydrogen) atoms. The second-order valence-electron chi connectivity index (χ2n) is 7.40. The summed E-state index contributed by atoms with van der Waals surface area (Å²) in [5, 5.41) is 26.1. The maximum absolute atomic E-state index is 12.3. The molecule has 2 amide bonds. The smallest absolute Gasteiger partial charge is 0.414 e. The van der Waals surface area contributed by atoms with Gasteiger partial charge in [-0.25, -0.2) is 9.59 Å². The highest BCUT2D eigenvalue weighted by atomic mass is 16.6. The molecule has 0 aliphatic heterocycles. The first kappa shape index (κ1) is 22.0. The molecular weight excluding hydrogens is 430 g/mol. The van der Waals surface area contributed by atoms with E-state index >= 15 is 0 Å². The van der Waals surface area contributed by atoms with Crippen LogP contribution < -0.4 is 10.6 Å². The van der Waals surface area contributed by atoms with Gasteiger partial charge in [-0.05, 0) is 22.3 Å². The molecule has 1 atom stereocenters. The van der Waals surface area contributed by atoms with E-state index in [1.54, 1.807) is 0 Å². The van der Waals surface area contributed by atoms with E-state index in [-0.39, 0.29) is 30.5 Å². The van der Waals surface area contributed by atoms with E-state index in [4.69, 9.17) is 19.5 Å². The number of rotatable bonds is 8. The number of carbonyl (C=O) groups is 3. The molecule has 0 saturated carbocycles. The molecule has 2 aromatic carbocycles. The second kappa shape index (κ2) is 9.53. The number of nitrogens with zero attached hydrogens (tertiary/aromatic N) is 1. The highest BCUT2D eigenvalue weighted by Gasteiger charge is 2.29. The molecule has 10 heteroatoms. The Morgan fingerprint density at radius 1 is 1.06 bits per heavy atom. The zero-order valence-electron chi connectivity index (χ0n) is 17.4. The van der Waals surface area contributed by atoms with Gasteiger partial charge in [0.25, 0.3) is 5.91 Å². The van der Waals surface area contributed by atoms with Crippen molar-refractivity contribution in [3.8, 4) is 11.1 Å². The van der Waals surface area contributed by atoms with E-state index in [9.17, 15) is 14.4 Å². The van der Waals surface area contributed by atoms with E-state index < -0.39 is 30.6 Å². The Morgan fingerprint density at radius 3 is 2.30 bits per heavy atom. The Morgan fingerprint density at radius 2 is 1.70 bits per heavy atom. The van der Waals surface area contributed by atoms with Crippen LogP contribution in [0.25, 0.3) is 11.1 Å². The lowest BCUT2D eigenvalue weighted by molar-refractivity contribution is -0.139. The minimum atomic E-state index is -1.29. The van der Waals surface area contributed by atoms with Crippen molar-refractivity contribution in [3.05, 3.63) is 71.4 Å². The number of aliphatic hydroxyl groups excluding tert-OH is 1. The molecule has 3 aromatic rings. The van der Waals surface area contributed by atoms with Gasteiger partial charge >= 0.3 is 12.1 Å². The van der Waals surface area contributed by atoms with Gasteiger partial charge in [0, 0.05) is 25.0 Å². The van der Waals surface area contributed by atoms with Crippen LogP contribution in [-0.2, 0) is 9.53 Å². The first-order chi connectivity index (χ1) is 16.0. The number of aliphatic hydroxyl groups is 1. The molecule has 170 valence electrons. The largest absolute Gasteiger partial charge is 0.480 e. The molecule has 0 bridgehead atoms. The number of fused-ring (bicyclic) bond motifs is 3. The minimum Gasteiger partial charge on any atom is -0.480 e. The van der Waals surface area contributed by atoms with Gasteiger partial charge in [0.15, 0.2) is 5.69 Å². The number of ether oxygens (including phenoxy) is 1. The third-order valence-electron chi connectivity index (χ3n) is 5.33. The van der Waals surface area contributed by atoms with Crippen LogP contribution >= 0.6 is 0 Å². The van der Waals surface area contributed by atoms with Crippen LogP contribution in [0.3, 0.4) is 0 Å². The lowest BCUT2D eigenvalue weighted by Gasteiger charge is -2.14. The van der Waals surface area contributed by atoms with E-state index in [1.807, 2.05) is 48.5 Å². The summed E-state index contributed by atoms with van der Waals surface area (Å²) < 4.78 is 10.3. The summed E-state index contributed by atoms with van der Waals surface area (Å²) in [5.41, 5.74) is 4.12. The maximum atomic E-state index is 12.3. The average molecular weight is 451 g/mol. The number of aliphatic carboxylic acids is 1. The minimum absolute atomic E-state index is 0.1000. The van der Waals surface area contributed by atoms with Gasteiger partial charge in [0.05, 0.1) is 0 Å². The fourth-order valence-electron chi connectivity index (χ4n) is 3.79. The molecule has 0 unspecified atom stereocenters. The summed E-state index contributed by atoms with van der Waals surface area (Å²) in [4.78, 5) is 35.5. The molecule has 1 aromatic heterocycles. The summed E-state index contributed by atoms with van der Waals surface area (Å²) in [7, 11) is 0. The summed E-state index contributed by atoms with van der Waals surface area (Å²) in [6.07, 6.45) is -0.951. The van der Waals surface area contributed by atoms with Crippen molar-refractivity contribution < 1.29 is 33.9 Å². The molecule has 4 rings (SSSR count). The average Bonchev–Trinajstić information content (AvgIpc) is 3.40. The number of carboxylic acids is 1. The van der Waals surface area contributed by atoms with Gasteiger partial charge < -0.3 is 24.8 Å². The highest BCUT2D eigenvalue weighted by Crippen LogP contribution is 2.44. The van der Waals surface area contributed by atoms with Crippen molar-refractivity contribution in [1.29, 1.82) is 0 Å². The lowest BCUT2D eigenvalue weighted by Crippen LogP contribution is -2.41. The van der Waals surface area contributed by atoms with Crippen LogP contribution in [0.1, 0.15) is 34.0 Å². The number of benzene rings is 2. The van der Waals surface area contributed by atoms with Crippen molar-refractivity contribution in [2.24, 2.45) is 0 Å². The van der Waals surface area contributed by atoms with E-state index in [0.717, 1.165) is 28.3 Å². The Balaban J connectivity index is 1.36. The molecule has 1 aliphatic carbocycles. The summed E-state index contributed by atoms with van der Waals surface area (Å²) in [6, 6.07) is 15.7. The molecule has 0 saturated heterocycles. The molecule has 0 fully saturated rings. The fourth-order valence-corrected chi connectivity index (χ4v) is 3.79. The van der Waals surface area contributed by atoms with Crippen molar-refractivity contribution in [2.45, 2.75) is 18.4 Å². The van der Waals surface area contributed by atoms with Crippen molar-refractivity contribution in [2.75, 3.05) is 18.5 Å². The number of carboxylic acid groups (broad SMARTS) is 1. The van der Waals surface area contributed by atoms with Crippen molar-refractivity contribution in [3.63, 3.8) is 0 Å². The lowest BCUT2D eigenvalue weighted by atomic mass is 9.98. The Kier molecular flexibility index (Phi) is 6.36. The number of aromatic nitrogens is 1. The molecular formula is C23H21N3O7. The monoisotopic (exact) mass is 451 g/mol. The Bertz CT molecular complexity index is 1140. The normalized spacial score (nSPS) is 13.0. The topological polar surface area (TPSA) is 151 Å². The van der Waals surface area contributed by atoms with Gasteiger partial charge in [-0.3, -0.25) is 10.1 Å². The van der Waals surface area contributed by atoms with Crippen LogP contribution in [0.4, 0.5) is 10.7 Å². The van der Waals surface area contributed by atoms with Gasteiger partial charge in [0.2, 0.25) is 5.88 Å². The molecule has 1 aliphatic rings. The quantitative estimate of drug-likeness (QED) is 0.408. The summed E-state index contributed by atoms with van der Waals surface area (Å²) in [5.74, 6) is -2.36. The van der Waals surface area contributed by atoms with E-state index in [1.165, 1.54) is 0 Å². The van der Waals surface area contributed by atoms with Gasteiger partial charge in [-0.15, -0.1) is 0 Å². The number of nitrogens with one attached hydrogen (secondary N) is 2. The number of anilines is 1. The van der Waals surface area contributed by atoms with Crippen molar-refractivity contribution >= 4 is 23.9 Å². The van der Waals surface area contributed by atoms with Crippen LogP contribution in [0.2, 0.25) is 0 Å². The SMILES string of the molecule is O=C(Nc1cc(C(=O)N[C@@H](CCO)C(=O)O)no1)OCC1c2ccccc2-c2ccccc21. The fraction of sp³-hybridized carbons (Fsp3) is 0.217. The summed E-state index contributed by atoms with van der Waals surface area (Å²) in [6.45, 7) is -0.312. The molecule has 10 nitrogen and oxygen atoms in total. The maximum Gasteiger partial charge on any atom is 0.414 e. The molecule has 4 N–H and O–H groups in total. The number of amides is 2. The number of hydrogen-bond donors (Lipinski definition) is 4. The first-order valence-corrected chi connectivity index (χ1v) is 10.2.